The van der Waals surface area contributed by atoms with Gasteiger partial charge in [-0.3, -0.25) is 0 Å². The first kappa shape index (κ1) is 20.9. The predicted molar refractivity (Wildman–Crippen MR) is 78.4 cm³/mol. The number of rotatable bonds is 6. The number of hydrogen-bond acceptors (Lipinski definition) is 11. The molecule has 0 aromatic heterocycles. The van der Waals surface area contributed by atoms with Crippen molar-refractivity contribution in [2.24, 2.45) is 0 Å². The monoisotopic (exact) mass is 370 g/mol. The number of aliphatic hydroxyl groups is 8. The Hall–Kier alpha value is -0.440. The molecule has 11 heteroatoms. The lowest BCUT2D eigenvalue weighted by Gasteiger charge is -2.41. The second kappa shape index (κ2) is 8.97. The highest BCUT2D eigenvalue weighted by atomic mass is 16.6. The van der Waals surface area contributed by atoms with E-state index in [-0.39, 0.29) is 13.2 Å². The molecule has 2 saturated heterocycles. The van der Waals surface area contributed by atoms with Crippen LogP contribution in [0.5, 0.6) is 0 Å². The smallest absolute Gasteiger partial charge is 0.111 e. The second-order valence-corrected chi connectivity index (χ2v) is 6.27. The summed E-state index contributed by atoms with van der Waals surface area (Å²) < 4.78 is 15.8. The molecule has 2 rings (SSSR count). The van der Waals surface area contributed by atoms with Gasteiger partial charge >= 0.3 is 0 Å². The summed E-state index contributed by atoms with van der Waals surface area (Å²) in [6.07, 6.45) is -13.1. The van der Waals surface area contributed by atoms with Gasteiger partial charge in [-0.05, 0) is 0 Å². The first-order valence-corrected chi connectivity index (χ1v) is 8.00. The van der Waals surface area contributed by atoms with Crippen LogP contribution in [-0.4, -0.2) is 128 Å². The van der Waals surface area contributed by atoms with Crippen LogP contribution in [0.25, 0.3) is 0 Å². The van der Waals surface area contributed by atoms with E-state index in [0.717, 1.165) is 0 Å². The fourth-order valence-corrected chi connectivity index (χ4v) is 2.93. The summed E-state index contributed by atoms with van der Waals surface area (Å²) in [5.41, 5.74) is 0. The van der Waals surface area contributed by atoms with E-state index in [4.69, 9.17) is 24.4 Å². The molecule has 2 aliphatic heterocycles. The molecule has 11 nitrogen and oxygen atoms in total. The van der Waals surface area contributed by atoms with E-state index in [0.29, 0.717) is 0 Å². The van der Waals surface area contributed by atoms with Crippen molar-refractivity contribution >= 4 is 0 Å². The summed E-state index contributed by atoms with van der Waals surface area (Å²) in [4.78, 5) is 0. The lowest BCUT2D eigenvalue weighted by atomic mass is 9.95. The minimum absolute atomic E-state index is 0.254. The lowest BCUT2D eigenvalue weighted by molar-refractivity contribution is -0.254. The molecule has 2 fully saturated rings. The Bertz CT molecular complexity index is 370. The van der Waals surface area contributed by atoms with Crippen molar-refractivity contribution < 1.29 is 55.1 Å². The van der Waals surface area contributed by atoms with Crippen molar-refractivity contribution in [3.63, 3.8) is 0 Å². The fourth-order valence-electron chi connectivity index (χ4n) is 2.93. The first-order chi connectivity index (χ1) is 11.8. The normalized spacial score (nSPS) is 48.5. The maximum absolute atomic E-state index is 9.88. The molecule has 148 valence electrons. The van der Waals surface area contributed by atoms with Gasteiger partial charge in [0.25, 0.3) is 0 Å². The summed E-state index contributed by atoms with van der Waals surface area (Å²) in [6.45, 7) is -1.63. The highest BCUT2D eigenvalue weighted by Gasteiger charge is 2.45. The van der Waals surface area contributed by atoms with Crippen molar-refractivity contribution in [1.82, 2.24) is 0 Å². The van der Waals surface area contributed by atoms with Crippen molar-refractivity contribution in [2.75, 3.05) is 26.4 Å². The van der Waals surface area contributed by atoms with Crippen LogP contribution in [0.3, 0.4) is 0 Å². The molecule has 7 unspecified atom stereocenters. The standard InChI is InChI=1S/C14H26O11/c15-1-5-9(17)13(21)11(19)7(24-5)3-23-4-8-12(20)14(22)10(18)6(2-16)25-8/h5-22H,1-4H2/t5?,6?,7-,8?,9-,10-,11?,12?,13?,14?/m1/s1. The van der Waals surface area contributed by atoms with Crippen molar-refractivity contribution in [3.8, 4) is 0 Å². The Morgan fingerprint density at radius 1 is 0.520 bits per heavy atom. The lowest BCUT2D eigenvalue weighted by Crippen LogP contribution is -2.61. The minimum Gasteiger partial charge on any atom is -0.394 e. The maximum Gasteiger partial charge on any atom is 0.111 e. The quantitative estimate of drug-likeness (QED) is 0.223. The SMILES string of the molecule is OCC1OC(COC[C@H]2OC(CO)[C@@H](O)C(O)C2O)C(O)C(O)[C@@H]1O. The molecule has 25 heavy (non-hydrogen) atoms. The van der Waals surface area contributed by atoms with Gasteiger partial charge in [-0.15, -0.1) is 0 Å². The highest BCUT2D eigenvalue weighted by molar-refractivity contribution is 4.93. The van der Waals surface area contributed by atoms with Crippen LogP contribution in [0, 0.1) is 0 Å². The van der Waals surface area contributed by atoms with Crippen LogP contribution < -0.4 is 0 Å². The first-order valence-electron chi connectivity index (χ1n) is 8.00. The van der Waals surface area contributed by atoms with Crippen LogP contribution in [0.1, 0.15) is 0 Å². The summed E-state index contributed by atoms with van der Waals surface area (Å²) >= 11 is 0. The van der Waals surface area contributed by atoms with Crippen LogP contribution in [0.2, 0.25) is 0 Å². The van der Waals surface area contributed by atoms with E-state index in [2.05, 4.69) is 0 Å². The van der Waals surface area contributed by atoms with E-state index >= 15 is 0 Å². The third kappa shape index (κ3) is 4.46. The van der Waals surface area contributed by atoms with Crippen molar-refractivity contribution in [2.45, 2.75) is 61.0 Å². The molecule has 2 aliphatic rings. The molecule has 0 saturated carbocycles. The summed E-state index contributed by atoms with van der Waals surface area (Å²) in [5.74, 6) is 0. The average molecular weight is 370 g/mol. The van der Waals surface area contributed by atoms with E-state index < -0.39 is 74.3 Å². The van der Waals surface area contributed by atoms with Gasteiger partial charge in [-0.2, -0.15) is 0 Å². The Morgan fingerprint density at radius 3 is 1.16 bits per heavy atom. The van der Waals surface area contributed by atoms with Crippen molar-refractivity contribution in [3.05, 3.63) is 0 Å². The van der Waals surface area contributed by atoms with Crippen LogP contribution >= 0.6 is 0 Å². The van der Waals surface area contributed by atoms with E-state index in [1.807, 2.05) is 0 Å². The topological polar surface area (TPSA) is 190 Å². The van der Waals surface area contributed by atoms with Gasteiger partial charge < -0.3 is 55.1 Å². The number of ether oxygens (including phenoxy) is 3. The zero-order chi connectivity index (χ0) is 18.7. The number of aliphatic hydroxyl groups excluding tert-OH is 8. The Labute approximate surface area is 143 Å². The third-order valence-corrected chi connectivity index (χ3v) is 4.55. The van der Waals surface area contributed by atoms with Gasteiger partial charge in [-0.25, -0.2) is 0 Å². The van der Waals surface area contributed by atoms with Crippen LogP contribution in [0.4, 0.5) is 0 Å². The zero-order valence-corrected chi connectivity index (χ0v) is 13.4. The predicted octanol–water partition coefficient (Wildman–Crippen LogP) is -5.31. The van der Waals surface area contributed by atoms with E-state index in [9.17, 15) is 30.6 Å². The minimum atomic E-state index is -1.52. The molecular weight excluding hydrogens is 344 g/mol. The molecule has 2 heterocycles. The highest BCUT2D eigenvalue weighted by Crippen LogP contribution is 2.23. The Morgan fingerprint density at radius 2 is 0.840 bits per heavy atom. The molecule has 10 atom stereocenters. The summed E-state index contributed by atoms with van der Waals surface area (Å²) in [7, 11) is 0. The fraction of sp³-hybridized carbons (Fsp3) is 1.00. The molecular formula is C14H26O11. The Kier molecular flexibility index (Phi) is 7.49. The molecule has 0 aliphatic carbocycles. The zero-order valence-electron chi connectivity index (χ0n) is 13.4. The van der Waals surface area contributed by atoms with Gasteiger partial charge in [0.15, 0.2) is 0 Å². The molecule has 0 aromatic carbocycles. The summed E-state index contributed by atoms with van der Waals surface area (Å²) in [6, 6.07) is 0. The molecule has 0 spiro atoms. The number of hydrogen-bond donors (Lipinski definition) is 8. The second-order valence-electron chi connectivity index (χ2n) is 6.27. The van der Waals surface area contributed by atoms with Gasteiger partial charge in [0.1, 0.15) is 61.0 Å². The van der Waals surface area contributed by atoms with Gasteiger partial charge in [0, 0.05) is 0 Å². The Balaban J connectivity index is 1.87. The van der Waals surface area contributed by atoms with E-state index in [1.165, 1.54) is 0 Å². The van der Waals surface area contributed by atoms with Gasteiger partial charge in [-0.1, -0.05) is 0 Å². The molecule has 0 bridgehead atoms. The molecule has 8 N–H and O–H groups in total. The third-order valence-electron chi connectivity index (χ3n) is 4.55. The van der Waals surface area contributed by atoms with Crippen LogP contribution in [0.15, 0.2) is 0 Å². The van der Waals surface area contributed by atoms with Crippen molar-refractivity contribution in [1.29, 1.82) is 0 Å². The van der Waals surface area contributed by atoms with Gasteiger partial charge in [0.05, 0.1) is 26.4 Å². The molecule has 0 radical (unpaired) electrons. The van der Waals surface area contributed by atoms with E-state index in [1.54, 1.807) is 0 Å². The summed E-state index contributed by atoms with van der Waals surface area (Å²) in [5, 5.41) is 76.7. The maximum atomic E-state index is 9.88. The molecule has 0 amide bonds. The average Bonchev–Trinajstić information content (AvgIpc) is 2.61. The molecule has 0 aromatic rings. The van der Waals surface area contributed by atoms with Crippen LogP contribution in [-0.2, 0) is 14.2 Å². The largest absolute Gasteiger partial charge is 0.394 e. The van der Waals surface area contributed by atoms with Gasteiger partial charge in [0.2, 0.25) is 0 Å².